The lowest BCUT2D eigenvalue weighted by atomic mass is 10.1. The zero-order chi connectivity index (χ0) is 18.0. The molecule has 0 bridgehead atoms. The van der Waals surface area contributed by atoms with Crippen molar-refractivity contribution in [2.45, 2.75) is 13.0 Å². The molecule has 2 aromatic carbocycles. The van der Waals surface area contributed by atoms with Gasteiger partial charge in [0, 0.05) is 11.3 Å². The predicted molar refractivity (Wildman–Crippen MR) is 93.1 cm³/mol. The lowest BCUT2D eigenvalue weighted by Crippen LogP contribution is -2.26. The molecule has 3 amide bonds. The number of carbonyl (C=O) groups excluding carboxylic acids is 2. The second kappa shape index (κ2) is 6.90. The van der Waals surface area contributed by atoms with Gasteiger partial charge < -0.3 is 25.8 Å². The first-order valence-electron chi connectivity index (χ1n) is 7.50. The summed E-state index contributed by atoms with van der Waals surface area (Å²) in [6, 6.07) is 9.26. The number of amides is 3. The Kier molecular flexibility index (Phi) is 4.67. The van der Waals surface area contributed by atoms with E-state index in [2.05, 4.69) is 10.6 Å². The third kappa shape index (κ3) is 3.77. The lowest BCUT2D eigenvalue weighted by molar-refractivity contribution is 0.0939. The van der Waals surface area contributed by atoms with E-state index in [1.54, 1.807) is 30.3 Å². The lowest BCUT2D eigenvalue weighted by Gasteiger charge is -2.15. The number of ether oxygens (including phenoxy) is 2. The normalized spacial score (nSPS) is 13.2. The molecule has 3 rings (SSSR count). The molecule has 8 heteroatoms. The van der Waals surface area contributed by atoms with Crippen molar-refractivity contribution in [3.8, 4) is 11.5 Å². The van der Waals surface area contributed by atoms with Crippen LogP contribution in [-0.2, 0) is 0 Å². The van der Waals surface area contributed by atoms with Gasteiger partial charge in [0.1, 0.15) is 0 Å². The van der Waals surface area contributed by atoms with Crippen LogP contribution in [-0.4, -0.2) is 18.7 Å². The quantitative estimate of drug-likeness (QED) is 0.778. The molecule has 0 aliphatic carbocycles. The Morgan fingerprint density at radius 2 is 1.92 bits per heavy atom. The van der Waals surface area contributed by atoms with Gasteiger partial charge in [-0.1, -0.05) is 23.7 Å². The molecule has 0 saturated carbocycles. The maximum atomic E-state index is 12.5. The fraction of sp³-hybridized carbons (Fsp3) is 0.176. The number of carbonyl (C=O) groups is 2. The van der Waals surface area contributed by atoms with Crippen LogP contribution in [0.1, 0.15) is 28.9 Å². The van der Waals surface area contributed by atoms with Crippen molar-refractivity contribution >= 4 is 29.2 Å². The Morgan fingerprint density at radius 1 is 1.20 bits per heavy atom. The van der Waals surface area contributed by atoms with Crippen molar-refractivity contribution in [3.63, 3.8) is 0 Å². The van der Waals surface area contributed by atoms with E-state index in [9.17, 15) is 9.59 Å². The van der Waals surface area contributed by atoms with Crippen LogP contribution in [0, 0.1) is 0 Å². The molecule has 1 aliphatic heterocycles. The van der Waals surface area contributed by atoms with E-state index in [1.807, 2.05) is 6.92 Å². The number of hydrogen-bond donors (Lipinski definition) is 3. The number of fused-ring (bicyclic) bond motifs is 1. The summed E-state index contributed by atoms with van der Waals surface area (Å²) in [6.07, 6.45) is 0. The average Bonchev–Trinajstić information content (AvgIpc) is 3.04. The molecule has 130 valence electrons. The minimum Gasteiger partial charge on any atom is -0.454 e. The third-order valence-electron chi connectivity index (χ3n) is 3.72. The molecule has 4 N–H and O–H groups in total. The highest BCUT2D eigenvalue weighted by Gasteiger charge is 2.21. The van der Waals surface area contributed by atoms with E-state index in [0.29, 0.717) is 27.8 Å². The summed E-state index contributed by atoms with van der Waals surface area (Å²) in [5.74, 6) is 0.614. The Hall–Kier alpha value is -2.93. The molecule has 1 heterocycles. The van der Waals surface area contributed by atoms with Gasteiger partial charge in [0.25, 0.3) is 5.91 Å². The Bertz CT molecular complexity index is 823. The molecule has 25 heavy (non-hydrogen) atoms. The average molecular weight is 362 g/mol. The molecule has 1 unspecified atom stereocenters. The third-order valence-corrected chi connectivity index (χ3v) is 4.00. The summed E-state index contributed by atoms with van der Waals surface area (Å²) in [7, 11) is 0. The minimum absolute atomic E-state index is 0.0855. The number of nitrogens with one attached hydrogen (secondary N) is 2. The van der Waals surface area contributed by atoms with Crippen LogP contribution in [0.5, 0.6) is 11.5 Å². The first-order chi connectivity index (χ1) is 11.9. The number of benzene rings is 2. The van der Waals surface area contributed by atoms with Crippen LogP contribution in [0.25, 0.3) is 0 Å². The first kappa shape index (κ1) is 16.9. The monoisotopic (exact) mass is 361 g/mol. The Morgan fingerprint density at radius 3 is 2.60 bits per heavy atom. The SMILES string of the molecule is CC(NC(=O)c1cc(Cl)c2c(c1)OCO2)c1ccc(NC(N)=O)cc1. The van der Waals surface area contributed by atoms with Gasteiger partial charge in [0.15, 0.2) is 11.5 Å². The number of primary amides is 1. The van der Waals surface area contributed by atoms with Crippen molar-refractivity contribution in [2.75, 3.05) is 12.1 Å². The Labute approximate surface area is 149 Å². The Balaban J connectivity index is 1.70. The van der Waals surface area contributed by atoms with Crippen LogP contribution in [0.15, 0.2) is 36.4 Å². The van der Waals surface area contributed by atoms with Gasteiger partial charge in [-0.25, -0.2) is 4.79 Å². The van der Waals surface area contributed by atoms with Gasteiger partial charge in [0.05, 0.1) is 11.1 Å². The molecule has 1 aliphatic rings. The van der Waals surface area contributed by atoms with Crippen LogP contribution < -0.4 is 25.8 Å². The molecule has 0 fully saturated rings. The molecular weight excluding hydrogens is 346 g/mol. The fourth-order valence-corrected chi connectivity index (χ4v) is 2.72. The summed E-state index contributed by atoms with van der Waals surface area (Å²) in [6.45, 7) is 1.94. The van der Waals surface area contributed by atoms with E-state index in [-0.39, 0.29) is 18.7 Å². The highest BCUT2D eigenvalue weighted by molar-refractivity contribution is 6.32. The molecule has 2 aromatic rings. The smallest absolute Gasteiger partial charge is 0.316 e. The summed E-state index contributed by atoms with van der Waals surface area (Å²) in [4.78, 5) is 23.3. The van der Waals surface area contributed by atoms with Crippen LogP contribution in [0.2, 0.25) is 5.02 Å². The molecule has 0 spiro atoms. The van der Waals surface area contributed by atoms with Gasteiger partial charge in [-0.15, -0.1) is 0 Å². The summed E-state index contributed by atoms with van der Waals surface area (Å²) >= 11 is 6.10. The fourth-order valence-electron chi connectivity index (χ4n) is 2.46. The molecule has 0 aromatic heterocycles. The van der Waals surface area contributed by atoms with E-state index in [1.165, 1.54) is 6.07 Å². The van der Waals surface area contributed by atoms with Crippen LogP contribution in [0.3, 0.4) is 0 Å². The van der Waals surface area contributed by atoms with E-state index >= 15 is 0 Å². The maximum Gasteiger partial charge on any atom is 0.316 e. The maximum absolute atomic E-state index is 12.5. The zero-order valence-electron chi connectivity index (χ0n) is 13.3. The predicted octanol–water partition coefficient (Wildman–Crippen LogP) is 3.05. The number of hydrogen-bond acceptors (Lipinski definition) is 4. The largest absolute Gasteiger partial charge is 0.454 e. The standard InChI is InChI=1S/C17H16ClN3O4/c1-9(10-2-4-12(5-3-10)21-17(19)23)20-16(22)11-6-13(18)15-14(7-11)24-8-25-15/h2-7,9H,8H2,1H3,(H,20,22)(H3,19,21,23). The van der Waals surface area contributed by atoms with Crippen molar-refractivity contribution in [3.05, 3.63) is 52.5 Å². The molecule has 0 radical (unpaired) electrons. The van der Waals surface area contributed by atoms with Crippen molar-refractivity contribution in [1.82, 2.24) is 5.32 Å². The zero-order valence-corrected chi connectivity index (χ0v) is 14.1. The second-order valence-corrected chi connectivity index (χ2v) is 5.91. The molecular formula is C17H16ClN3O4. The number of anilines is 1. The van der Waals surface area contributed by atoms with Gasteiger partial charge in [-0.05, 0) is 36.8 Å². The van der Waals surface area contributed by atoms with Crippen LogP contribution >= 0.6 is 11.6 Å². The highest BCUT2D eigenvalue weighted by atomic mass is 35.5. The summed E-state index contributed by atoms with van der Waals surface area (Å²) < 4.78 is 10.5. The van der Waals surface area contributed by atoms with Gasteiger partial charge >= 0.3 is 6.03 Å². The van der Waals surface area contributed by atoms with E-state index < -0.39 is 6.03 Å². The second-order valence-electron chi connectivity index (χ2n) is 5.50. The molecule has 1 atom stereocenters. The van der Waals surface area contributed by atoms with Gasteiger partial charge in [0.2, 0.25) is 6.79 Å². The van der Waals surface area contributed by atoms with Gasteiger partial charge in [-0.3, -0.25) is 4.79 Å². The number of nitrogens with two attached hydrogens (primary N) is 1. The minimum atomic E-state index is -0.631. The molecule has 7 nitrogen and oxygen atoms in total. The topological polar surface area (TPSA) is 103 Å². The van der Waals surface area contributed by atoms with Crippen molar-refractivity contribution in [1.29, 1.82) is 0 Å². The number of rotatable bonds is 4. The van der Waals surface area contributed by atoms with Crippen LogP contribution in [0.4, 0.5) is 10.5 Å². The number of urea groups is 1. The first-order valence-corrected chi connectivity index (χ1v) is 7.88. The van der Waals surface area contributed by atoms with E-state index in [4.69, 9.17) is 26.8 Å². The van der Waals surface area contributed by atoms with Crippen molar-refractivity contribution in [2.24, 2.45) is 5.73 Å². The number of halogens is 1. The van der Waals surface area contributed by atoms with Gasteiger partial charge in [-0.2, -0.15) is 0 Å². The summed E-state index contributed by atoms with van der Waals surface area (Å²) in [5.41, 5.74) is 6.90. The van der Waals surface area contributed by atoms with Crippen molar-refractivity contribution < 1.29 is 19.1 Å². The molecule has 0 saturated heterocycles. The summed E-state index contributed by atoms with van der Waals surface area (Å²) in [5, 5.41) is 5.69. The highest BCUT2D eigenvalue weighted by Crippen LogP contribution is 2.39. The van der Waals surface area contributed by atoms with E-state index in [0.717, 1.165) is 5.56 Å².